The van der Waals surface area contributed by atoms with Crippen molar-refractivity contribution in [1.82, 2.24) is 4.98 Å². The second kappa shape index (κ2) is 6.28. The molecule has 0 fully saturated rings. The minimum atomic E-state index is 0.907. The highest BCUT2D eigenvalue weighted by molar-refractivity contribution is 5.96. The number of nitrogens with zero attached hydrogens (tertiary/aromatic N) is 2. The Balaban J connectivity index is 1.31. The van der Waals surface area contributed by atoms with Crippen molar-refractivity contribution in [1.29, 1.82) is 0 Å². The van der Waals surface area contributed by atoms with Gasteiger partial charge in [-0.3, -0.25) is 4.98 Å². The normalized spacial score (nSPS) is 14.9. The fraction of sp³-hybridized carbons (Fsp3) is 0.121. The highest BCUT2D eigenvalue weighted by Gasteiger charge is 2.36. The van der Waals surface area contributed by atoms with E-state index in [-0.39, 0.29) is 0 Å². The van der Waals surface area contributed by atoms with E-state index in [0.29, 0.717) is 0 Å². The van der Waals surface area contributed by atoms with Gasteiger partial charge >= 0.3 is 0 Å². The Kier molecular flexibility index (Phi) is 3.27. The zero-order valence-corrected chi connectivity index (χ0v) is 19.3. The summed E-state index contributed by atoms with van der Waals surface area (Å²) in [5.41, 5.74) is 21.1. The molecule has 0 N–H and O–H groups in total. The maximum absolute atomic E-state index is 4.81. The average molecular weight is 447 g/mol. The van der Waals surface area contributed by atoms with Gasteiger partial charge in [-0.05, 0) is 92.2 Å². The minimum Gasteiger partial charge on any atom is -0.308 e. The van der Waals surface area contributed by atoms with Crippen molar-refractivity contribution in [3.63, 3.8) is 0 Å². The van der Waals surface area contributed by atoms with E-state index in [4.69, 9.17) is 4.98 Å². The molecule has 1 aromatic heterocycles. The predicted octanol–water partition coefficient (Wildman–Crippen LogP) is 7.50. The molecule has 2 nitrogen and oxygen atoms in total. The Morgan fingerprint density at radius 3 is 2.26 bits per heavy atom. The van der Waals surface area contributed by atoms with Crippen LogP contribution in [0.25, 0.3) is 22.3 Å². The lowest BCUT2D eigenvalue weighted by molar-refractivity contribution is 0.960. The molecule has 0 saturated carbocycles. The molecule has 0 radical (unpaired) electrons. The van der Waals surface area contributed by atoms with Gasteiger partial charge in [-0.25, -0.2) is 0 Å². The van der Waals surface area contributed by atoms with E-state index < -0.39 is 0 Å². The maximum Gasteiger partial charge on any atom is 0.0716 e. The van der Waals surface area contributed by atoms with Gasteiger partial charge in [0.15, 0.2) is 0 Å². The van der Waals surface area contributed by atoms with Gasteiger partial charge in [-0.1, -0.05) is 60.7 Å². The summed E-state index contributed by atoms with van der Waals surface area (Å²) in [6.45, 7) is 0. The summed E-state index contributed by atoms with van der Waals surface area (Å²) in [5.74, 6) is 0. The summed E-state index contributed by atoms with van der Waals surface area (Å²) < 4.78 is 0. The standard InChI is InChI=1S/C33H22N2/c1-3-7-24-19(5-1)15-21-9-11-25-26(31(21)24)16-22-10-12-30-27(32(22)25)17-23-13-14-34-28-18-20-6-2-4-8-29(20)35(30)33(23)28/h1-14H,15-18H2. The second-order valence-electron chi connectivity index (χ2n) is 10.3. The zero-order valence-electron chi connectivity index (χ0n) is 19.3. The fourth-order valence-corrected chi connectivity index (χ4v) is 7.17. The van der Waals surface area contributed by atoms with E-state index in [1.165, 1.54) is 84.0 Å². The predicted molar refractivity (Wildman–Crippen MR) is 141 cm³/mol. The number of rotatable bonds is 0. The molecular formula is C33H22N2. The molecule has 0 unspecified atom stereocenters. The first kappa shape index (κ1) is 18.2. The third-order valence-corrected chi connectivity index (χ3v) is 8.58. The van der Waals surface area contributed by atoms with E-state index in [0.717, 1.165) is 25.7 Å². The van der Waals surface area contributed by atoms with Crippen molar-refractivity contribution in [3.05, 3.63) is 130 Å². The Labute approximate surface area is 204 Å². The summed E-state index contributed by atoms with van der Waals surface area (Å²) in [6.07, 6.45) is 5.97. The largest absolute Gasteiger partial charge is 0.308 e. The van der Waals surface area contributed by atoms with Gasteiger partial charge in [0.05, 0.1) is 17.1 Å². The molecule has 164 valence electrons. The van der Waals surface area contributed by atoms with Gasteiger partial charge in [0.2, 0.25) is 0 Å². The number of para-hydroxylation sites is 1. The molecule has 3 heterocycles. The van der Waals surface area contributed by atoms with Crippen molar-refractivity contribution >= 4 is 17.1 Å². The number of fused-ring (bicyclic) bond motifs is 12. The van der Waals surface area contributed by atoms with Crippen LogP contribution in [0, 0.1) is 0 Å². The summed E-state index contributed by atoms with van der Waals surface area (Å²) in [6, 6.07) is 29.6. The second-order valence-corrected chi connectivity index (χ2v) is 10.3. The van der Waals surface area contributed by atoms with E-state index in [9.17, 15) is 0 Å². The Bertz CT molecular complexity index is 1760. The third-order valence-electron chi connectivity index (χ3n) is 8.58. The van der Waals surface area contributed by atoms with Crippen LogP contribution in [0.15, 0.2) is 85.1 Å². The SMILES string of the molecule is c1ccc2c(c1)Cc1ccc3c(c1-2)Cc1ccc2c(c1-3)Cc1ccnc3c1N2c1ccccc1C3. The Morgan fingerprint density at radius 2 is 1.29 bits per heavy atom. The molecule has 0 spiro atoms. The van der Waals surface area contributed by atoms with E-state index in [1.54, 1.807) is 0 Å². The van der Waals surface area contributed by atoms with Gasteiger partial charge in [-0.2, -0.15) is 0 Å². The van der Waals surface area contributed by atoms with Crippen LogP contribution in [0.4, 0.5) is 17.1 Å². The molecule has 35 heavy (non-hydrogen) atoms. The molecule has 2 aliphatic heterocycles. The summed E-state index contributed by atoms with van der Waals surface area (Å²) in [5, 5.41) is 0. The van der Waals surface area contributed by atoms with Crippen LogP contribution < -0.4 is 4.90 Å². The van der Waals surface area contributed by atoms with Crippen LogP contribution in [-0.4, -0.2) is 4.98 Å². The summed E-state index contributed by atoms with van der Waals surface area (Å²) in [4.78, 5) is 7.31. The first-order valence-electron chi connectivity index (χ1n) is 12.6. The monoisotopic (exact) mass is 446 g/mol. The molecule has 4 aliphatic rings. The molecule has 4 aromatic carbocycles. The van der Waals surface area contributed by atoms with Crippen LogP contribution in [0.5, 0.6) is 0 Å². The molecule has 0 bridgehead atoms. The molecule has 9 rings (SSSR count). The highest BCUT2D eigenvalue weighted by atomic mass is 15.2. The minimum absolute atomic E-state index is 0.907. The average Bonchev–Trinajstić information content (AvgIpc) is 3.47. The number of hydrogen-bond donors (Lipinski definition) is 0. The van der Waals surface area contributed by atoms with Crippen molar-refractivity contribution in [2.24, 2.45) is 0 Å². The van der Waals surface area contributed by atoms with Gasteiger partial charge in [-0.15, -0.1) is 0 Å². The first-order valence-corrected chi connectivity index (χ1v) is 12.6. The van der Waals surface area contributed by atoms with Crippen molar-refractivity contribution in [2.75, 3.05) is 4.90 Å². The lowest BCUT2D eigenvalue weighted by Gasteiger charge is -2.39. The summed E-state index contributed by atoms with van der Waals surface area (Å²) in [7, 11) is 0. The molecule has 0 atom stereocenters. The Morgan fingerprint density at radius 1 is 0.514 bits per heavy atom. The number of anilines is 3. The Hall–Kier alpha value is -4.17. The van der Waals surface area contributed by atoms with Crippen molar-refractivity contribution in [2.45, 2.75) is 25.7 Å². The molecule has 0 saturated heterocycles. The quantitative estimate of drug-likeness (QED) is 0.240. The maximum atomic E-state index is 4.81. The van der Waals surface area contributed by atoms with Crippen LogP contribution in [0.3, 0.4) is 0 Å². The molecule has 2 aliphatic carbocycles. The van der Waals surface area contributed by atoms with Crippen LogP contribution in [0.2, 0.25) is 0 Å². The first-order chi connectivity index (χ1) is 17.3. The van der Waals surface area contributed by atoms with E-state index in [1.807, 2.05) is 6.20 Å². The molecule has 0 amide bonds. The number of pyridine rings is 1. The third kappa shape index (κ3) is 2.23. The number of aromatic nitrogens is 1. The number of hydrogen-bond acceptors (Lipinski definition) is 2. The van der Waals surface area contributed by atoms with Gasteiger partial charge in [0, 0.05) is 24.7 Å². The highest BCUT2D eigenvalue weighted by Crippen LogP contribution is 2.55. The summed E-state index contributed by atoms with van der Waals surface area (Å²) >= 11 is 0. The van der Waals surface area contributed by atoms with Gasteiger partial charge < -0.3 is 4.90 Å². The van der Waals surface area contributed by atoms with E-state index >= 15 is 0 Å². The van der Waals surface area contributed by atoms with Crippen LogP contribution in [0.1, 0.15) is 44.6 Å². The van der Waals surface area contributed by atoms with Crippen molar-refractivity contribution < 1.29 is 0 Å². The zero-order chi connectivity index (χ0) is 22.7. The fourth-order valence-electron chi connectivity index (χ4n) is 7.17. The molecule has 5 aromatic rings. The topological polar surface area (TPSA) is 16.1 Å². The smallest absolute Gasteiger partial charge is 0.0716 e. The van der Waals surface area contributed by atoms with Crippen LogP contribution in [-0.2, 0) is 25.7 Å². The number of benzene rings is 4. The lowest BCUT2D eigenvalue weighted by atomic mass is 9.85. The van der Waals surface area contributed by atoms with Gasteiger partial charge in [0.25, 0.3) is 0 Å². The van der Waals surface area contributed by atoms with Gasteiger partial charge in [0.1, 0.15) is 0 Å². The van der Waals surface area contributed by atoms with Crippen molar-refractivity contribution in [3.8, 4) is 22.3 Å². The molecular weight excluding hydrogens is 424 g/mol. The van der Waals surface area contributed by atoms with Crippen LogP contribution >= 0.6 is 0 Å². The lowest BCUT2D eigenvalue weighted by Crippen LogP contribution is -2.25. The molecule has 2 heteroatoms. The van der Waals surface area contributed by atoms with E-state index in [2.05, 4.69) is 83.8 Å².